The fourth-order valence-electron chi connectivity index (χ4n) is 5.92. The highest BCUT2D eigenvalue weighted by atomic mass is 32.2. The summed E-state index contributed by atoms with van der Waals surface area (Å²) in [6.45, 7) is 5.55. The van der Waals surface area contributed by atoms with Crippen LogP contribution in [0.1, 0.15) is 37.4 Å². The molecule has 0 bridgehead atoms. The van der Waals surface area contributed by atoms with E-state index >= 15 is 0 Å². The van der Waals surface area contributed by atoms with Crippen LogP contribution in [0, 0.1) is 11.2 Å². The Morgan fingerprint density at radius 1 is 1.05 bits per heavy atom. The molecule has 8 nitrogen and oxygen atoms in total. The molecule has 0 spiro atoms. The average Bonchev–Trinajstić information content (AvgIpc) is 3.61. The van der Waals surface area contributed by atoms with Crippen LogP contribution in [0.25, 0.3) is 11.8 Å². The highest BCUT2D eigenvalue weighted by Gasteiger charge is 2.46. The van der Waals surface area contributed by atoms with Gasteiger partial charge in [-0.25, -0.2) is 22.5 Å². The molecule has 4 heterocycles. The fourth-order valence-corrected chi connectivity index (χ4v) is 7.39. The number of pyridine rings is 1. The van der Waals surface area contributed by atoms with Crippen molar-refractivity contribution in [2.75, 3.05) is 44.3 Å². The van der Waals surface area contributed by atoms with Crippen LogP contribution in [0.2, 0.25) is 0 Å². The number of rotatable bonds is 7. The molecule has 2 aromatic heterocycles. The number of anilines is 1. The summed E-state index contributed by atoms with van der Waals surface area (Å²) in [5, 5.41) is 4.59. The average molecular weight is 538 g/mol. The zero-order valence-corrected chi connectivity index (χ0v) is 22.3. The van der Waals surface area contributed by atoms with E-state index in [9.17, 15) is 12.8 Å². The summed E-state index contributed by atoms with van der Waals surface area (Å²) in [5.41, 5.74) is 3.45. The Morgan fingerprint density at radius 3 is 2.55 bits per heavy atom. The lowest BCUT2D eigenvalue weighted by molar-refractivity contribution is 0.0477. The normalized spacial score (nSPS) is 21.7. The Bertz CT molecular complexity index is 1450. The van der Waals surface area contributed by atoms with E-state index in [1.807, 2.05) is 23.9 Å². The molecule has 10 heteroatoms. The van der Waals surface area contributed by atoms with E-state index in [1.165, 1.54) is 18.3 Å². The summed E-state index contributed by atoms with van der Waals surface area (Å²) in [7, 11) is -3.72. The summed E-state index contributed by atoms with van der Waals surface area (Å²) < 4.78 is 50.3. The molecule has 0 saturated carbocycles. The first-order valence-corrected chi connectivity index (χ1v) is 14.7. The molecule has 2 fully saturated rings. The molecule has 0 N–H and O–H groups in total. The first-order chi connectivity index (χ1) is 18.4. The Morgan fingerprint density at radius 2 is 1.84 bits per heavy atom. The van der Waals surface area contributed by atoms with Gasteiger partial charge in [-0.1, -0.05) is 5.57 Å². The molecule has 2 saturated heterocycles. The summed E-state index contributed by atoms with van der Waals surface area (Å²) in [6.07, 6.45) is 8.94. The second-order valence-electron chi connectivity index (χ2n) is 10.3. The van der Waals surface area contributed by atoms with Crippen molar-refractivity contribution in [2.45, 2.75) is 37.5 Å². The number of piperidine rings is 1. The minimum absolute atomic E-state index is 0.222. The van der Waals surface area contributed by atoms with Gasteiger partial charge in [0.15, 0.2) is 0 Å². The van der Waals surface area contributed by atoms with E-state index < -0.39 is 15.4 Å². The van der Waals surface area contributed by atoms with Gasteiger partial charge in [-0.2, -0.15) is 9.40 Å². The quantitative estimate of drug-likeness (QED) is 0.452. The van der Waals surface area contributed by atoms with Crippen molar-refractivity contribution in [3.8, 4) is 5.69 Å². The monoisotopic (exact) mass is 537 g/mol. The summed E-state index contributed by atoms with van der Waals surface area (Å²) in [4.78, 5) is 6.90. The van der Waals surface area contributed by atoms with Crippen molar-refractivity contribution >= 4 is 21.9 Å². The molecule has 38 heavy (non-hydrogen) atoms. The Labute approximate surface area is 222 Å². The minimum Gasteiger partial charge on any atom is -0.381 e. The third-order valence-electron chi connectivity index (χ3n) is 7.96. The zero-order valence-electron chi connectivity index (χ0n) is 21.5. The molecule has 0 amide bonds. The SMILES string of the molecule is CCOCC12Cc3cnn(-c4ccc(F)cc4)c3C=C1CCN(S(=O)(=O)c1ccc(N3CCCC3)nc1)C2. The standard InChI is InChI=1S/C28H32FN5O3S/c1-2-37-20-28-16-21-17-31-34(24-7-5-23(29)6-8-24)26(21)15-22(28)11-14-33(19-28)38(35,36)25-9-10-27(30-18-25)32-12-3-4-13-32/h5-10,15,17-18H,2-4,11-14,16,19-20H2,1H3. The molecular weight excluding hydrogens is 505 g/mol. The maximum atomic E-state index is 13.7. The maximum absolute atomic E-state index is 13.7. The molecule has 0 radical (unpaired) electrons. The molecular formula is C28H32FN5O3S. The van der Waals surface area contributed by atoms with E-state index in [2.05, 4.69) is 21.1 Å². The van der Waals surface area contributed by atoms with Crippen LogP contribution in [-0.2, 0) is 21.2 Å². The van der Waals surface area contributed by atoms with Gasteiger partial charge in [-0.15, -0.1) is 0 Å². The lowest BCUT2D eigenvalue weighted by Gasteiger charge is -2.45. The smallest absolute Gasteiger partial charge is 0.244 e. The number of hydrogen-bond donors (Lipinski definition) is 0. The van der Waals surface area contributed by atoms with Crippen molar-refractivity contribution in [1.82, 2.24) is 19.1 Å². The summed E-state index contributed by atoms with van der Waals surface area (Å²) in [6, 6.07) is 9.77. The molecule has 200 valence electrons. The molecule has 1 aromatic carbocycles. The van der Waals surface area contributed by atoms with E-state index in [-0.39, 0.29) is 10.7 Å². The first-order valence-electron chi connectivity index (χ1n) is 13.2. The van der Waals surface area contributed by atoms with Gasteiger partial charge in [0, 0.05) is 44.4 Å². The third-order valence-corrected chi connectivity index (χ3v) is 9.79. The first kappa shape index (κ1) is 25.2. The van der Waals surface area contributed by atoms with Crippen molar-refractivity contribution in [3.63, 3.8) is 0 Å². The Kier molecular flexibility index (Phi) is 6.57. The van der Waals surface area contributed by atoms with Crippen molar-refractivity contribution in [1.29, 1.82) is 0 Å². The minimum atomic E-state index is -3.72. The topological polar surface area (TPSA) is 80.6 Å². The lowest BCUT2D eigenvalue weighted by atomic mass is 9.69. The molecule has 3 aliphatic rings. The number of aromatic nitrogens is 3. The number of benzene rings is 1. The van der Waals surface area contributed by atoms with Gasteiger partial charge in [-0.3, -0.25) is 0 Å². The van der Waals surface area contributed by atoms with Crippen LogP contribution in [0.15, 0.2) is 59.3 Å². The molecule has 6 rings (SSSR count). The van der Waals surface area contributed by atoms with E-state index in [0.717, 1.165) is 54.3 Å². The van der Waals surface area contributed by atoms with Gasteiger partial charge >= 0.3 is 0 Å². The van der Waals surface area contributed by atoms with Crippen LogP contribution in [0.3, 0.4) is 0 Å². The highest BCUT2D eigenvalue weighted by molar-refractivity contribution is 7.89. The molecule has 3 aromatic rings. The molecule has 1 aliphatic carbocycles. The van der Waals surface area contributed by atoms with Crippen molar-refractivity contribution in [2.24, 2.45) is 5.41 Å². The van der Waals surface area contributed by atoms with Gasteiger partial charge in [-0.05, 0) is 80.6 Å². The number of halogens is 1. The Hall–Kier alpha value is -3.08. The van der Waals surface area contributed by atoms with Gasteiger partial charge in [0.1, 0.15) is 16.5 Å². The summed E-state index contributed by atoms with van der Waals surface area (Å²) >= 11 is 0. The Balaban J connectivity index is 1.29. The number of fused-ring (bicyclic) bond motifs is 2. The maximum Gasteiger partial charge on any atom is 0.244 e. The zero-order chi connectivity index (χ0) is 26.3. The second kappa shape index (κ2) is 9.91. The van der Waals surface area contributed by atoms with Crippen LogP contribution < -0.4 is 4.90 Å². The summed E-state index contributed by atoms with van der Waals surface area (Å²) in [5.74, 6) is 0.537. The molecule has 1 unspecified atom stereocenters. The van der Waals surface area contributed by atoms with Crippen LogP contribution in [-0.4, -0.2) is 66.9 Å². The predicted molar refractivity (Wildman–Crippen MR) is 143 cm³/mol. The van der Waals surface area contributed by atoms with Gasteiger partial charge in [0.05, 0.1) is 24.2 Å². The lowest BCUT2D eigenvalue weighted by Crippen LogP contribution is -2.51. The second-order valence-corrected chi connectivity index (χ2v) is 12.3. The third kappa shape index (κ3) is 4.44. The number of sulfonamides is 1. The highest BCUT2D eigenvalue weighted by Crippen LogP contribution is 2.45. The van der Waals surface area contributed by atoms with Crippen LogP contribution in [0.4, 0.5) is 10.2 Å². The predicted octanol–water partition coefficient (Wildman–Crippen LogP) is 4.06. The number of hydrogen-bond acceptors (Lipinski definition) is 6. The van der Waals surface area contributed by atoms with Crippen molar-refractivity contribution in [3.05, 3.63) is 71.4 Å². The van der Waals surface area contributed by atoms with Gasteiger partial charge in [0.25, 0.3) is 0 Å². The fraction of sp³-hybridized carbons (Fsp3) is 0.429. The van der Waals surface area contributed by atoms with Crippen LogP contribution >= 0.6 is 0 Å². The molecule has 2 aliphatic heterocycles. The van der Waals surface area contributed by atoms with Gasteiger partial charge < -0.3 is 9.64 Å². The van der Waals surface area contributed by atoms with E-state index in [4.69, 9.17) is 4.74 Å². The number of ether oxygens (including phenoxy) is 1. The van der Waals surface area contributed by atoms with Crippen molar-refractivity contribution < 1.29 is 17.5 Å². The van der Waals surface area contributed by atoms with Crippen LogP contribution in [0.5, 0.6) is 0 Å². The molecule has 1 atom stereocenters. The van der Waals surface area contributed by atoms with Gasteiger partial charge in [0.2, 0.25) is 10.0 Å². The largest absolute Gasteiger partial charge is 0.381 e. The van der Waals surface area contributed by atoms with E-state index in [0.29, 0.717) is 39.1 Å². The van der Waals surface area contributed by atoms with E-state index in [1.54, 1.807) is 22.5 Å². The number of nitrogens with zero attached hydrogens (tertiary/aromatic N) is 5.